The molecule has 0 N–H and O–H groups in total. The lowest BCUT2D eigenvalue weighted by atomic mass is 9.96. The molecule has 0 bridgehead atoms. The summed E-state index contributed by atoms with van der Waals surface area (Å²) >= 11 is 0. The van der Waals surface area contributed by atoms with E-state index in [4.69, 9.17) is 0 Å². The minimum atomic E-state index is 0.187. The Morgan fingerprint density at radius 3 is 2.41 bits per heavy atom. The van der Waals surface area contributed by atoms with Crippen LogP contribution in [0.1, 0.15) is 32.6 Å². The summed E-state index contributed by atoms with van der Waals surface area (Å²) in [6, 6.07) is 0. The highest BCUT2D eigenvalue weighted by Crippen LogP contribution is 2.20. The molecule has 2 saturated heterocycles. The van der Waals surface area contributed by atoms with Crippen molar-refractivity contribution in [3.05, 3.63) is 12.2 Å². The minimum absolute atomic E-state index is 0.187. The zero-order valence-corrected chi connectivity index (χ0v) is 10.9. The first-order chi connectivity index (χ1) is 8.29. The lowest BCUT2D eigenvalue weighted by Gasteiger charge is -2.33. The molecule has 2 heterocycles. The molecule has 0 saturated carbocycles. The molecule has 17 heavy (non-hydrogen) atoms. The minimum Gasteiger partial charge on any atom is -0.339 e. The number of nitrogens with zero attached hydrogens (tertiary/aromatic N) is 2. The van der Waals surface area contributed by atoms with Crippen molar-refractivity contribution in [2.24, 2.45) is 5.92 Å². The van der Waals surface area contributed by atoms with Crippen molar-refractivity contribution in [1.29, 1.82) is 0 Å². The number of carbonyl (C=O) groups is 1. The van der Waals surface area contributed by atoms with Crippen molar-refractivity contribution >= 4 is 5.91 Å². The van der Waals surface area contributed by atoms with E-state index in [-0.39, 0.29) is 5.91 Å². The van der Waals surface area contributed by atoms with Crippen LogP contribution in [-0.4, -0.2) is 48.4 Å². The Kier molecular flexibility index (Phi) is 4.60. The standard InChI is InChI=1S/C14H24N2O/c1-2-5-14(17)16-10-6-13(7-11-16)12-15-8-3-4-9-15/h2,5,13H,3-4,6-12H2,1H3. The van der Waals surface area contributed by atoms with Gasteiger partial charge in [-0.05, 0) is 57.7 Å². The number of likely N-dealkylation sites (tertiary alicyclic amines) is 2. The molecular weight excluding hydrogens is 212 g/mol. The van der Waals surface area contributed by atoms with Crippen molar-refractivity contribution in [3.8, 4) is 0 Å². The van der Waals surface area contributed by atoms with E-state index >= 15 is 0 Å². The third kappa shape index (κ3) is 3.56. The number of rotatable bonds is 3. The van der Waals surface area contributed by atoms with Crippen LogP contribution in [0.5, 0.6) is 0 Å². The number of piperidine rings is 1. The van der Waals surface area contributed by atoms with E-state index in [2.05, 4.69) is 4.90 Å². The van der Waals surface area contributed by atoms with E-state index < -0.39 is 0 Å². The maximum atomic E-state index is 11.7. The molecule has 2 aliphatic rings. The molecule has 0 atom stereocenters. The number of hydrogen-bond donors (Lipinski definition) is 0. The molecular formula is C14H24N2O. The van der Waals surface area contributed by atoms with Gasteiger partial charge in [-0.2, -0.15) is 0 Å². The topological polar surface area (TPSA) is 23.6 Å². The fourth-order valence-electron chi connectivity index (χ4n) is 2.91. The van der Waals surface area contributed by atoms with Gasteiger partial charge in [-0.3, -0.25) is 4.79 Å². The summed E-state index contributed by atoms with van der Waals surface area (Å²) in [6.07, 6.45) is 8.62. The van der Waals surface area contributed by atoms with Gasteiger partial charge in [0, 0.05) is 19.6 Å². The number of carbonyl (C=O) groups excluding carboxylic acids is 1. The van der Waals surface area contributed by atoms with E-state index in [1.807, 2.05) is 17.9 Å². The molecule has 3 heteroatoms. The molecule has 2 fully saturated rings. The largest absolute Gasteiger partial charge is 0.339 e. The second-order valence-electron chi connectivity index (χ2n) is 5.28. The van der Waals surface area contributed by atoms with E-state index in [0.29, 0.717) is 0 Å². The van der Waals surface area contributed by atoms with Crippen LogP contribution in [0.2, 0.25) is 0 Å². The zero-order chi connectivity index (χ0) is 12.1. The zero-order valence-electron chi connectivity index (χ0n) is 10.9. The van der Waals surface area contributed by atoms with Crippen LogP contribution in [0.3, 0.4) is 0 Å². The monoisotopic (exact) mass is 236 g/mol. The smallest absolute Gasteiger partial charge is 0.246 e. The molecule has 3 nitrogen and oxygen atoms in total. The molecule has 0 aliphatic carbocycles. The fourth-order valence-corrected chi connectivity index (χ4v) is 2.91. The second-order valence-corrected chi connectivity index (χ2v) is 5.28. The summed E-state index contributed by atoms with van der Waals surface area (Å²) in [5.74, 6) is 0.995. The van der Waals surface area contributed by atoms with E-state index in [9.17, 15) is 4.79 Å². The first-order valence-electron chi connectivity index (χ1n) is 6.93. The van der Waals surface area contributed by atoms with E-state index in [1.54, 1.807) is 6.08 Å². The summed E-state index contributed by atoms with van der Waals surface area (Å²) in [5, 5.41) is 0. The Balaban J connectivity index is 1.71. The highest BCUT2D eigenvalue weighted by Gasteiger charge is 2.24. The van der Waals surface area contributed by atoms with Crippen molar-refractivity contribution in [1.82, 2.24) is 9.80 Å². The predicted molar refractivity (Wildman–Crippen MR) is 69.8 cm³/mol. The molecule has 2 rings (SSSR count). The Bertz CT molecular complexity index is 274. The highest BCUT2D eigenvalue weighted by atomic mass is 16.2. The number of hydrogen-bond acceptors (Lipinski definition) is 2. The molecule has 2 aliphatic heterocycles. The quantitative estimate of drug-likeness (QED) is 0.699. The van der Waals surface area contributed by atoms with Gasteiger partial charge in [-0.15, -0.1) is 0 Å². The van der Waals surface area contributed by atoms with Gasteiger partial charge >= 0.3 is 0 Å². The average Bonchev–Trinajstić information content (AvgIpc) is 2.83. The van der Waals surface area contributed by atoms with Crippen molar-refractivity contribution in [3.63, 3.8) is 0 Å². The Labute approximate surface area is 104 Å². The fraction of sp³-hybridized carbons (Fsp3) is 0.786. The predicted octanol–water partition coefficient (Wildman–Crippen LogP) is 1.90. The van der Waals surface area contributed by atoms with Gasteiger partial charge in [0.05, 0.1) is 0 Å². The second kappa shape index (κ2) is 6.20. The third-order valence-electron chi connectivity index (χ3n) is 3.95. The molecule has 0 aromatic heterocycles. The maximum Gasteiger partial charge on any atom is 0.246 e. The molecule has 0 unspecified atom stereocenters. The van der Waals surface area contributed by atoms with Crippen LogP contribution in [0, 0.1) is 5.92 Å². The Morgan fingerprint density at radius 1 is 1.18 bits per heavy atom. The van der Waals surface area contributed by atoms with Crippen molar-refractivity contribution < 1.29 is 4.79 Å². The van der Waals surface area contributed by atoms with E-state index in [0.717, 1.165) is 19.0 Å². The average molecular weight is 236 g/mol. The summed E-state index contributed by atoms with van der Waals surface area (Å²) in [6.45, 7) is 7.63. The first kappa shape index (κ1) is 12.6. The number of amides is 1. The molecule has 0 aromatic rings. The van der Waals surface area contributed by atoms with Gasteiger partial charge in [-0.1, -0.05) is 6.08 Å². The highest BCUT2D eigenvalue weighted by molar-refractivity contribution is 5.87. The van der Waals surface area contributed by atoms with E-state index in [1.165, 1.54) is 45.3 Å². The van der Waals surface area contributed by atoms with Gasteiger partial charge in [-0.25, -0.2) is 0 Å². The summed E-state index contributed by atoms with van der Waals surface area (Å²) < 4.78 is 0. The normalized spacial score (nSPS) is 23.7. The van der Waals surface area contributed by atoms with Crippen LogP contribution in [0.15, 0.2) is 12.2 Å². The van der Waals surface area contributed by atoms with Gasteiger partial charge in [0.2, 0.25) is 5.91 Å². The van der Waals surface area contributed by atoms with Gasteiger partial charge in [0.25, 0.3) is 0 Å². The van der Waals surface area contributed by atoms with Crippen LogP contribution < -0.4 is 0 Å². The summed E-state index contributed by atoms with van der Waals surface area (Å²) in [4.78, 5) is 16.3. The molecule has 0 aromatic carbocycles. The van der Waals surface area contributed by atoms with Crippen molar-refractivity contribution in [2.75, 3.05) is 32.7 Å². The summed E-state index contributed by atoms with van der Waals surface area (Å²) in [5.41, 5.74) is 0. The molecule has 0 spiro atoms. The van der Waals surface area contributed by atoms with Crippen LogP contribution >= 0.6 is 0 Å². The summed E-state index contributed by atoms with van der Waals surface area (Å²) in [7, 11) is 0. The third-order valence-corrected chi connectivity index (χ3v) is 3.95. The van der Waals surface area contributed by atoms with Crippen LogP contribution in [0.4, 0.5) is 0 Å². The van der Waals surface area contributed by atoms with Crippen LogP contribution in [0.25, 0.3) is 0 Å². The molecule has 96 valence electrons. The lowest BCUT2D eigenvalue weighted by molar-refractivity contribution is -0.127. The van der Waals surface area contributed by atoms with Gasteiger partial charge in [0.1, 0.15) is 0 Å². The molecule has 0 radical (unpaired) electrons. The molecule has 1 amide bonds. The number of allylic oxidation sites excluding steroid dienone is 1. The van der Waals surface area contributed by atoms with Gasteiger partial charge < -0.3 is 9.80 Å². The van der Waals surface area contributed by atoms with Crippen molar-refractivity contribution in [2.45, 2.75) is 32.6 Å². The SMILES string of the molecule is CC=CC(=O)N1CCC(CN2CCCC2)CC1. The van der Waals surface area contributed by atoms with Crippen LogP contribution in [-0.2, 0) is 4.79 Å². The maximum absolute atomic E-state index is 11.7. The Hall–Kier alpha value is -0.830. The lowest BCUT2D eigenvalue weighted by Crippen LogP contribution is -2.40. The Morgan fingerprint density at radius 2 is 1.82 bits per heavy atom. The first-order valence-corrected chi connectivity index (χ1v) is 6.93. The van der Waals surface area contributed by atoms with Gasteiger partial charge in [0.15, 0.2) is 0 Å².